The first-order valence-electron chi connectivity index (χ1n) is 9.75. The maximum absolute atomic E-state index is 13.4. The van der Waals surface area contributed by atoms with Crippen molar-refractivity contribution in [3.63, 3.8) is 0 Å². The first kappa shape index (κ1) is 17.2. The number of para-hydroxylation sites is 1. The number of amides is 3. The highest BCUT2D eigenvalue weighted by molar-refractivity contribution is 5.93. The third kappa shape index (κ3) is 2.75. The van der Waals surface area contributed by atoms with E-state index < -0.39 is 0 Å². The molecule has 1 fully saturated rings. The minimum atomic E-state index is -0.196. The number of halogens is 1. The number of carbonyl (C=O) groups excluding carboxylic acids is 2. The first-order valence-corrected chi connectivity index (χ1v) is 9.75. The molecule has 2 aromatic rings. The van der Waals surface area contributed by atoms with E-state index in [4.69, 9.17) is 0 Å². The molecule has 5 nitrogen and oxygen atoms in total. The van der Waals surface area contributed by atoms with E-state index in [0.717, 1.165) is 28.8 Å². The summed E-state index contributed by atoms with van der Waals surface area (Å²) in [5.41, 5.74) is 4.07. The van der Waals surface area contributed by atoms with E-state index in [0.29, 0.717) is 24.8 Å². The van der Waals surface area contributed by atoms with Crippen molar-refractivity contribution in [2.24, 2.45) is 5.92 Å². The van der Waals surface area contributed by atoms with Gasteiger partial charge in [-0.2, -0.15) is 0 Å². The smallest absolute Gasteiger partial charge is 0.315 e. The fourth-order valence-corrected chi connectivity index (χ4v) is 4.97. The molecule has 0 saturated heterocycles. The fourth-order valence-electron chi connectivity index (χ4n) is 4.97. The van der Waals surface area contributed by atoms with Gasteiger partial charge in [0.1, 0.15) is 5.82 Å². The Balaban J connectivity index is 1.26. The monoisotopic (exact) mass is 379 g/mol. The number of benzene rings is 2. The van der Waals surface area contributed by atoms with Gasteiger partial charge in [0.2, 0.25) is 5.91 Å². The van der Waals surface area contributed by atoms with Gasteiger partial charge in [0.05, 0.1) is 6.04 Å². The summed E-state index contributed by atoms with van der Waals surface area (Å²) in [4.78, 5) is 26.3. The van der Waals surface area contributed by atoms with Gasteiger partial charge in [0.25, 0.3) is 0 Å². The summed E-state index contributed by atoms with van der Waals surface area (Å²) in [6.07, 6.45) is 1.51. The van der Waals surface area contributed by atoms with Crippen LogP contribution >= 0.6 is 0 Å². The molecule has 1 heterocycles. The second kappa shape index (κ2) is 6.33. The van der Waals surface area contributed by atoms with Crippen molar-refractivity contribution in [2.75, 3.05) is 11.4 Å². The Labute approximate surface area is 162 Å². The quantitative estimate of drug-likeness (QED) is 0.841. The van der Waals surface area contributed by atoms with E-state index in [1.807, 2.05) is 30.3 Å². The Bertz CT molecular complexity index is 976. The van der Waals surface area contributed by atoms with E-state index in [1.54, 1.807) is 17.9 Å². The zero-order valence-corrected chi connectivity index (χ0v) is 15.6. The Morgan fingerprint density at radius 2 is 1.93 bits per heavy atom. The van der Waals surface area contributed by atoms with Gasteiger partial charge in [0, 0.05) is 31.1 Å². The predicted octanol–water partition coefficient (Wildman–Crippen LogP) is 3.26. The van der Waals surface area contributed by atoms with E-state index in [1.165, 1.54) is 6.07 Å². The lowest BCUT2D eigenvalue weighted by Gasteiger charge is -2.34. The minimum absolute atomic E-state index is 0.0104. The lowest BCUT2D eigenvalue weighted by molar-refractivity contribution is -0.116. The van der Waals surface area contributed by atoms with Crippen molar-refractivity contribution in [1.82, 2.24) is 10.6 Å². The summed E-state index contributed by atoms with van der Waals surface area (Å²) in [5, 5.41) is 6.18. The van der Waals surface area contributed by atoms with Gasteiger partial charge in [-0.3, -0.25) is 4.79 Å². The lowest BCUT2D eigenvalue weighted by Crippen LogP contribution is -2.44. The molecule has 2 aliphatic carbocycles. The molecular formula is C22H22FN3O2. The molecule has 1 aliphatic heterocycles. The third-order valence-corrected chi connectivity index (χ3v) is 6.32. The van der Waals surface area contributed by atoms with Gasteiger partial charge < -0.3 is 15.5 Å². The van der Waals surface area contributed by atoms with Crippen molar-refractivity contribution >= 4 is 17.6 Å². The van der Waals surface area contributed by atoms with E-state index >= 15 is 0 Å². The summed E-state index contributed by atoms with van der Waals surface area (Å²) in [7, 11) is 0. The highest BCUT2D eigenvalue weighted by Gasteiger charge is 2.56. The van der Waals surface area contributed by atoms with Gasteiger partial charge in [-0.1, -0.05) is 24.3 Å². The lowest BCUT2D eigenvalue weighted by atomic mass is 9.96. The predicted molar refractivity (Wildman–Crippen MR) is 104 cm³/mol. The zero-order chi connectivity index (χ0) is 19.4. The van der Waals surface area contributed by atoms with Crippen LogP contribution in [0.25, 0.3) is 0 Å². The van der Waals surface area contributed by atoms with Crippen LogP contribution in [0.3, 0.4) is 0 Å². The molecule has 28 heavy (non-hydrogen) atoms. The molecular weight excluding hydrogens is 357 g/mol. The van der Waals surface area contributed by atoms with Crippen LogP contribution in [0, 0.1) is 11.7 Å². The zero-order valence-electron chi connectivity index (χ0n) is 15.6. The second-order valence-electron chi connectivity index (χ2n) is 7.95. The maximum atomic E-state index is 13.4. The van der Waals surface area contributed by atoms with Gasteiger partial charge in [-0.25, -0.2) is 9.18 Å². The molecule has 1 saturated carbocycles. The summed E-state index contributed by atoms with van der Waals surface area (Å²) >= 11 is 0. The van der Waals surface area contributed by atoms with E-state index in [-0.39, 0.29) is 29.8 Å². The number of hydrogen-bond donors (Lipinski definition) is 2. The Kier molecular flexibility index (Phi) is 3.89. The molecule has 0 aromatic heterocycles. The van der Waals surface area contributed by atoms with Crippen LogP contribution in [0.15, 0.2) is 42.5 Å². The molecule has 4 unspecified atom stereocenters. The Hall–Kier alpha value is -2.89. The molecule has 2 aromatic carbocycles. The summed E-state index contributed by atoms with van der Waals surface area (Å²) in [5.74, 6) is 0.483. The van der Waals surface area contributed by atoms with Crippen LogP contribution in [0.2, 0.25) is 0 Å². The fraction of sp³-hybridized carbons (Fsp3) is 0.364. The van der Waals surface area contributed by atoms with Crippen LogP contribution in [0.5, 0.6) is 0 Å². The standard InChI is InChI=1S/C22H22FN3O2/c1-12(27)26-9-8-18(16-4-2-3-5-19(16)26)24-22(28)25-21-17-11-13-10-14(23)6-7-15(13)20(17)21/h2-7,10,17-18,20-21H,8-9,11H2,1H3,(H2,24,25,28). The third-order valence-electron chi connectivity index (χ3n) is 6.32. The van der Waals surface area contributed by atoms with Crippen molar-refractivity contribution in [3.8, 4) is 0 Å². The van der Waals surface area contributed by atoms with Gasteiger partial charge in [0.15, 0.2) is 0 Å². The number of rotatable bonds is 2. The topological polar surface area (TPSA) is 61.4 Å². The SMILES string of the molecule is CC(=O)N1CCC(NC(=O)NC2C3Cc4cc(F)ccc4C32)c2ccccc21. The van der Waals surface area contributed by atoms with Crippen LogP contribution in [-0.4, -0.2) is 24.5 Å². The molecule has 0 radical (unpaired) electrons. The highest BCUT2D eigenvalue weighted by atomic mass is 19.1. The highest BCUT2D eigenvalue weighted by Crippen LogP contribution is 2.56. The number of nitrogens with one attached hydrogen (secondary N) is 2. The van der Waals surface area contributed by atoms with Crippen LogP contribution < -0.4 is 15.5 Å². The van der Waals surface area contributed by atoms with Crippen molar-refractivity contribution < 1.29 is 14.0 Å². The average molecular weight is 379 g/mol. The number of fused-ring (bicyclic) bond motifs is 4. The van der Waals surface area contributed by atoms with Crippen molar-refractivity contribution in [2.45, 2.75) is 37.8 Å². The van der Waals surface area contributed by atoms with E-state index in [9.17, 15) is 14.0 Å². The molecule has 3 amide bonds. The number of nitrogens with zero attached hydrogens (tertiary/aromatic N) is 1. The molecule has 5 rings (SSSR count). The average Bonchev–Trinajstić information content (AvgIpc) is 3.18. The number of hydrogen-bond acceptors (Lipinski definition) is 2. The molecule has 0 bridgehead atoms. The summed E-state index contributed by atoms with van der Waals surface area (Å²) in [6.45, 7) is 2.15. The number of anilines is 1. The van der Waals surface area contributed by atoms with Crippen molar-refractivity contribution in [3.05, 3.63) is 65.0 Å². The summed E-state index contributed by atoms with van der Waals surface area (Å²) < 4.78 is 13.4. The first-order chi connectivity index (χ1) is 13.5. The number of urea groups is 1. The molecule has 4 atom stereocenters. The van der Waals surface area contributed by atoms with E-state index in [2.05, 4.69) is 10.6 Å². The van der Waals surface area contributed by atoms with Crippen molar-refractivity contribution in [1.29, 1.82) is 0 Å². The van der Waals surface area contributed by atoms with Gasteiger partial charge >= 0.3 is 6.03 Å². The van der Waals surface area contributed by atoms with Crippen LogP contribution in [0.1, 0.15) is 42.0 Å². The Morgan fingerprint density at radius 1 is 1.11 bits per heavy atom. The minimum Gasteiger partial charge on any atom is -0.334 e. The summed E-state index contributed by atoms with van der Waals surface area (Å²) in [6, 6.07) is 12.5. The molecule has 3 aliphatic rings. The molecule has 144 valence electrons. The molecule has 2 N–H and O–H groups in total. The van der Waals surface area contributed by atoms with Gasteiger partial charge in [-0.15, -0.1) is 0 Å². The maximum Gasteiger partial charge on any atom is 0.315 e. The van der Waals surface area contributed by atoms with Gasteiger partial charge in [-0.05, 0) is 53.6 Å². The normalized spacial score (nSPS) is 26.7. The Morgan fingerprint density at radius 3 is 2.75 bits per heavy atom. The number of carbonyl (C=O) groups is 2. The molecule has 0 spiro atoms. The van der Waals surface area contributed by atoms with Crippen LogP contribution in [0.4, 0.5) is 14.9 Å². The second-order valence-corrected chi connectivity index (χ2v) is 7.95. The van der Waals surface area contributed by atoms with Crippen LogP contribution in [-0.2, 0) is 11.2 Å². The molecule has 6 heteroatoms. The largest absolute Gasteiger partial charge is 0.334 e.